The number of piperazine rings is 1. The maximum absolute atomic E-state index is 15.0. The first-order valence-corrected chi connectivity index (χ1v) is 20.6. The maximum atomic E-state index is 15.0. The average molecular weight is 769 g/mol. The molecule has 4 bridgehead atoms. The first kappa shape index (κ1) is 40.2. The monoisotopic (exact) mass is 768 g/mol. The Hall–Kier alpha value is -3.99. The molecule has 7 aliphatic rings. The SMILES string of the molecule is CC(C)=CCC[C@]1(C)C=Cc2c(O)c3c(c(CC=C(C)C)c2O1)O[C@]12C(=C[C@@H]4C[C@H]1C(C)(C)O[C@@]2(C/C=C(/C)C(=O)OCCCCN1CCNCC1)C4=O)C3=O. The van der Waals surface area contributed by atoms with Gasteiger partial charge in [0, 0.05) is 61.1 Å². The van der Waals surface area contributed by atoms with E-state index >= 15 is 4.79 Å². The van der Waals surface area contributed by atoms with Crippen LogP contribution in [0.2, 0.25) is 0 Å². The molecule has 1 spiro atoms. The van der Waals surface area contributed by atoms with Gasteiger partial charge in [0.15, 0.2) is 22.8 Å². The molecule has 4 heterocycles. The fourth-order valence-electron chi connectivity index (χ4n) is 9.82. The lowest BCUT2D eigenvalue weighted by Crippen LogP contribution is -2.72. The lowest BCUT2D eigenvalue weighted by Gasteiger charge is -2.56. The van der Waals surface area contributed by atoms with Gasteiger partial charge in [-0.15, -0.1) is 0 Å². The summed E-state index contributed by atoms with van der Waals surface area (Å²) in [7, 11) is 0. The minimum Gasteiger partial charge on any atom is -0.506 e. The molecule has 1 saturated carbocycles. The number of rotatable bonds is 13. The Bertz CT molecular complexity index is 1960. The van der Waals surface area contributed by atoms with Gasteiger partial charge in [0.05, 0.1) is 17.8 Å². The van der Waals surface area contributed by atoms with Gasteiger partial charge in [0.2, 0.25) is 0 Å². The standard InChI is InChI=1S/C46H60N2O8/c1-28(2)12-11-17-44(8)18-16-32-37(49)36-38(50)34-26-31-27-35-43(6,7)56-45(41(31)51,46(34,35)55-40(36)33(39(32)54-44)14-13-29(3)4)19-15-30(5)42(52)53-25-10-9-22-48-23-20-47-21-24-48/h12-13,15-16,18,26,31,35,47,49H,9-11,14,17,19-25,27H2,1-8H3/b30-15-/t31-,35+,44-,45+,46-/m1/s1. The fourth-order valence-corrected chi connectivity index (χ4v) is 9.82. The molecule has 2 saturated heterocycles. The number of allylic oxidation sites excluding steroid dienone is 5. The van der Waals surface area contributed by atoms with Gasteiger partial charge >= 0.3 is 5.97 Å². The molecule has 3 aliphatic carbocycles. The minimum atomic E-state index is -1.59. The van der Waals surface area contributed by atoms with E-state index in [1.807, 2.05) is 46.8 Å². The lowest BCUT2D eigenvalue weighted by molar-refractivity contribution is -0.171. The van der Waals surface area contributed by atoms with Crippen LogP contribution >= 0.6 is 0 Å². The molecule has 0 aromatic heterocycles. The van der Waals surface area contributed by atoms with Crippen molar-refractivity contribution in [3.8, 4) is 17.2 Å². The zero-order valence-electron chi connectivity index (χ0n) is 34.6. The van der Waals surface area contributed by atoms with Gasteiger partial charge in [-0.2, -0.15) is 0 Å². The number of unbranched alkanes of at least 4 members (excludes halogenated alkanes) is 1. The molecule has 302 valence electrons. The molecule has 5 atom stereocenters. The number of nitrogens with one attached hydrogen (secondary N) is 1. The van der Waals surface area contributed by atoms with Crippen molar-refractivity contribution < 1.29 is 38.4 Å². The Morgan fingerprint density at radius 2 is 1.73 bits per heavy atom. The Morgan fingerprint density at radius 3 is 2.45 bits per heavy atom. The largest absolute Gasteiger partial charge is 0.506 e. The molecule has 3 fully saturated rings. The van der Waals surface area contributed by atoms with E-state index in [1.165, 1.54) is 5.57 Å². The van der Waals surface area contributed by atoms with Crippen LogP contribution in [-0.2, 0) is 25.5 Å². The first-order chi connectivity index (χ1) is 26.5. The van der Waals surface area contributed by atoms with Crippen LogP contribution in [-0.4, -0.2) is 89.3 Å². The average Bonchev–Trinajstić information content (AvgIpc) is 3.30. The van der Waals surface area contributed by atoms with E-state index in [0.29, 0.717) is 53.9 Å². The summed E-state index contributed by atoms with van der Waals surface area (Å²) >= 11 is 0. The van der Waals surface area contributed by atoms with Crippen molar-refractivity contribution in [2.75, 3.05) is 39.3 Å². The summed E-state index contributed by atoms with van der Waals surface area (Å²) in [6.45, 7) is 21.1. The summed E-state index contributed by atoms with van der Waals surface area (Å²) in [5, 5.41) is 15.3. The van der Waals surface area contributed by atoms with E-state index < -0.39 is 34.3 Å². The predicted molar refractivity (Wildman–Crippen MR) is 216 cm³/mol. The van der Waals surface area contributed by atoms with Gasteiger partial charge in [-0.25, -0.2) is 4.79 Å². The van der Waals surface area contributed by atoms with E-state index in [4.69, 9.17) is 18.9 Å². The summed E-state index contributed by atoms with van der Waals surface area (Å²) in [6.07, 6.45) is 15.6. The molecule has 0 amide bonds. The number of phenolic OH excluding ortho intramolecular Hbond substituents is 1. The number of carbonyl (C=O) groups excluding carboxylic acids is 3. The third-order valence-electron chi connectivity index (χ3n) is 12.8. The molecule has 2 N–H and O–H groups in total. The number of phenols is 1. The number of hydrogen-bond donors (Lipinski definition) is 2. The highest BCUT2D eigenvalue weighted by molar-refractivity contribution is 6.19. The van der Waals surface area contributed by atoms with Crippen molar-refractivity contribution in [3.05, 3.63) is 69.4 Å². The van der Waals surface area contributed by atoms with Crippen molar-refractivity contribution >= 4 is 23.6 Å². The van der Waals surface area contributed by atoms with Crippen molar-refractivity contribution in [1.29, 1.82) is 0 Å². The summed E-state index contributed by atoms with van der Waals surface area (Å²) in [6, 6.07) is 0. The molecule has 8 rings (SSSR count). The number of carbonyl (C=O) groups is 3. The van der Waals surface area contributed by atoms with Crippen molar-refractivity contribution in [1.82, 2.24) is 10.2 Å². The predicted octanol–water partition coefficient (Wildman–Crippen LogP) is 7.38. The molecule has 10 nitrogen and oxygen atoms in total. The van der Waals surface area contributed by atoms with Crippen molar-refractivity contribution in [2.45, 2.75) is 123 Å². The highest BCUT2D eigenvalue weighted by atomic mass is 16.6. The second kappa shape index (κ2) is 15.1. The van der Waals surface area contributed by atoms with Crippen LogP contribution in [0, 0.1) is 11.8 Å². The molecule has 1 aromatic rings. The minimum absolute atomic E-state index is 0.0219. The smallest absolute Gasteiger partial charge is 0.333 e. The molecular weight excluding hydrogens is 709 g/mol. The number of benzene rings is 1. The van der Waals surface area contributed by atoms with Gasteiger partial charge in [0.25, 0.3) is 0 Å². The van der Waals surface area contributed by atoms with Crippen LogP contribution in [0.25, 0.3) is 6.08 Å². The Balaban J connectivity index is 1.24. The Morgan fingerprint density at radius 1 is 1.00 bits per heavy atom. The van der Waals surface area contributed by atoms with Crippen molar-refractivity contribution in [2.24, 2.45) is 11.8 Å². The van der Waals surface area contributed by atoms with E-state index in [-0.39, 0.29) is 41.0 Å². The van der Waals surface area contributed by atoms with Crippen LogP contribution in [0.5, 0.6) is 17.2 Å². The van der Waals surface area contributed by atoms with Gasteiger partial charge < -0.3 is 34.3 Å². The summed E-state index contributed by atoms with van der Waals surface area (Å²) in [4.78, 5) is 45.4. The third kappa shape index (κ3) is 6.79. The zero-order chi connectivity index (χ0) is 40.2. The number of Topliss-reactive ketones (excluding diaryl/α,β-unsaturated/α-hetero) is 2. The second-order valence-corrected chi connectivity index (χ2v) is 17.9. The van der Waals surface area contributed by atoms with Crippen LogP contribution in [0.15, 0.2) is 52.7 Å². The quantitative estimate of drug-likeness (QED) is 0.0910. The molecule has 56 heavy (non-hydrogen) atoms. The first-order valence-electron chi connectivity index (χ1n) is 20.6. The molecule has 10 heteroatoms. The molecule has 1 aromatic carbocycles. The molecule has 4 aliphatic heterocycles. The number of ether oxygens (including phenoxy) is 4. The number of hydrogen-bond acceptors (Lipinski definition) is 10. The second-order valence-electron chi connectivity index (χ2n) is 17.9. The number of aromatic hydroxyl groups is 1. The topological polar surface area (TPSA) is 124 Å². The maximum Gasteiger partial charge on any atom is 0.333 e. The third-order valence-corrected chi connectivity index (χ3v) is 12.8. The summed E-state index contributed by atoms with van der Waals surface area (Å²) < 4.78 is 26.7. The Kier molecular flexibility index (Phi) is 10.8. The van der Waals surface area contributed by atoms with Gasteiger partial charge in [-0.1, -0.05) is 35.5 Å². The highest BCUT2D eigenvalue weighted by Gasteiger charge is 2.81. The summed E-state index contributed by atoms with van der Waals surface area (Å²) in [5.41, 5.74) is -0.433. The highest BCUT2D eigenvalue weighted by Crippen LogP contribution is 2.68. The fraction of sp³-hybridized carbons (Fsp3) is 0.587. The van der Waals surface area contributed by atoms with E-state index in [1.54, 1.807) is 19.1 Å². The zero-order valence-corrected chi connectivity index (χ0v) is 34.6. The normalized spacial score (nSPS) is 29.7. The van der Waals surface area contributed by atoms with Crippen LogP contribution in [0.3, 0.4) is 0 Å². The lowest BCUT2D eigenvalue weighted by atomic mass is 9.51. The number of nitrogens with zero attached hydrogens (tertiary/aromatic N) is 1. The van der Waals surface area contributed by atoms with Crippen LogP contribution in [0.1, 0.15) is 115 Å². The molecule has 0 radical (unpaired) electrons. The summed E-state index contributed by atoms with van der Waals surface area (Å²) in [5.74, 6) is -1.40. The number of esters is 1. The van der Waals surface area contributed by atoms with Crippen LogP contribution in [0.4, 0.5) is 0 Å². The van der Waals surface area contributed by atoms with Crippen LogP contribution < -0.4 is 14.8 Å². The van der Waals surface area contributed by atoms with Gasteiger partial charge in [-0.05, 0) is 113 Å². The number of fused-ring (bicyclic) bond motifs is 2. The number of ketones is 2. The van der Waals surface area contributed by atoms with E-state index in [0.717, 1.165) is 57.6 Å². The Labute approximate surface area is 332 Å². The van der Waals surface area contributed by atoms with E-state index in [9.17, 15) is 14.7 Å². The molecule has 0 unspecified atom stereocenters. The van der Waals surface area contributed by atoms with Gasteiger partial charge in [0.1, 0.15) is 28.4 Å². The van der Waals surface area contributed by atoms with E-state index in [2.05, 4.69) is 36.2 Å². The van der Waals surface area contributed by atoms with Crippen molar-refractivity contribution in [3.63, 3.8) is 0 Å². The molecular formula is C46H60N2O8. The van der Waals surface area contributed by atoms with Gasteiger partial charge in [-0.3, -0.25) is 9.59 Å².